The van der Waals surface area contributed by atoms with Gasteiger partial charge < -0.3 is 19.4 Å². The molecule has 2 aliphatic rings. The molecule has 4 aromatic heterocycles. The second-order valence-electron chi connectivity index (χ2n) is 16.7. The molecule has 0 amide bonds. The zero-order valence-electron chi connectivity index (χ0n) is 33.3. The van der Waals surface area contributed by atoms with E-state index in [1.165, 1.54) is 117 Å². The molecule has 6 heterocycles. The summed E-state index contributed by atoms with van der Waals surface area (Å²) in [5.74, 6) is 3.53. The minimum Gasteiger partial charge on any atom is -0.497 e. The summed E-state index contributed by atoms with van der Waals surface area (Å²) < 4.78 is 16.0. The standard InChI is InChI=1S/C48H52N6O2/c1-31-25-35-13-19-53(29-41(35)45-39-27-37(55-3)5-7-43(39)49-47(31)45)23-21-51-15-9-33(10-16-51)34-11-17-52(18-12-34)22-24-54-20-14-36-26-32(2)48-46(42(36)30-54)40-28-38(56-4)6-8-44(40)50-48/h5-8,13-14,19-20,25-30,33-34H,9-12,15-18,21-24H2,1-4H3/p+2. The summed E-state index contributed by atoms with van der Waals surface area (Å²) in [7, 11) is 3.49. The van der Waals surface area contributed by atoms with E-state index >= 15 is 0 Å². The molecular formula is C48H54N6O2+2. The van der Waals surface area contributed by atoms with Crippen molar-refractivity contribution in [1.29, 1.82) is 0 Å². The fourth-order valence-corrected chi connectivity index (χ4v) is 10.2. The third-order valence-corrected chi connectivity index (χ3v) is 13.5. The summed E-state index contributed by atoms with van der Waals surface area (Å²) in [5, 5.41) is 10.2. The molecule has 0 bridgehead atoms. The van der Waals surface area contributed by atoms with E-state index in [1.54, 1.807) is 14.2 Å². The molecule has 0 unspecified atom stereocenters. The van der Waals surface area contributed by atoms with Crippen LogP contribution < -0.4 is 18.6 Å². The Bertz CT molecular complexity index is 2560. The zero-order chi connectivity index (χ0) is 37.9. The van der Waals surface area contributed by atoms with Crippen LogP contribution in [-0.4, -0.2) is 73.3 Å². The van der Waals surface area contributed by atoms with Gasteiger partial charge in [-0.1, -0.05) is 0 Å². The fraction of sp³-hybridized carbons (Fsp3) is 0.375. The van der Waals surface area contributed by atoms with Gasteiger partial charge in [0.25, 0.3) is 0 Å². The van der Waals surface area contributed by atoms with Crippen LogP contribution in [-0.2, 0) is 13.1 Å². The number of fused-ring (bicyclic) bond motifs is 10. The van der Waals surface area contributed by atoms with Crippen molar-refractivity contribution in [3.63, 3.8) is 0 Å². The molecule has 2 saturated heterocycles. The first kappa shape index (κ1) is 35.2. The molecule has 2 aliphatic heterocycles. The molecule has 0 spiro atoms. The smallest absolute Gasteiger partial charge is 0.177 e. The average molecular weight is 747 g/mol. The normalized spacial score (nSPS) is 16.7. The summed E-state index contributed by atoms with van der Waals surface area (Å²) in [6.07, 6.45) is 14.6. The number of nitrogens with zero attached hydrogens (tertiary/aromatic N) is 4. The maximum Gasteiger partial charge on any atom is 0.177 e. The Morgan fingerprint density at radius 2 is 1.00 bits per heavy atom. The first-order valence-corrected chi connectivity index (χ1v) is 20.7. The van der Waals surface area contributed by atoms with Crippen LogP contribution in [0.5, 0.6) is 11.5 Å². The number of likely N-dealkylation sites (tertiary alicyclic amines) is 2. The monoisotopic (exact) mass is 746 g/mol. The maximum absolute atomic E-state index is 5.59. The molecule has 0 radical (unpaired) electrons. The van der Waals surface area contributed by atoms with Gasteiger partial charge in [0.2, 0.25) is 0 Å². The van der Waals surface area contributed by atoms with Crippen LogP contribution >= 0.6 is 0 Å². The Balaban J connectivity index is 0.741. The van der Waals surface area contributed by atoms with E-state index in [9.17, 15) is 0 Å². The van der Waals surface area contributed by atoms with Crippen LogP contribution in [0.3, 0.4) is 0 Å². The Hall–Kier alpha value is -5.18. The number of aryl methyl sites for hydroxylation is 2. The highest BCUT2D eigenvalue weighted by Crippen LogP contribution is 2.37. The molecule has 8 aromatic rings. The van der Waals surface area contributed by atoms with Crippen LogP contribution in [0.4, 0.5) is 0 Å². The van der Waals surface area contributed by atoms with Crippen LogP contribution in [0.25, 0.3) is 65.2 Å². The number of hydrogen-bond acceptors (Lipinski definition) is 4. The minimum absolute atomic E-state index is 0.868. The Labute approximate surface area is 328 Å². The van der Waals surface area contributed by atoms with Gasteiger partial charge in [-0.15, -0.1) is 0 Å². The van der Waals surface area contributed by atoms with E-state index in [0.29, 0.717) is 0 Å². The molecule has 8 nitrogen and oxygen atoms in total. The number of hydrogen-bond donors (Lipinski definition) is 2. The van der Waals surface area contributed by atoms with Crippen LogP contribution in [0, 0.1) is 25.7 Å². The number of methoxy groups -OCH3 is 2. The molecule has 0 atom stereocenters. The number of piperidine rings is 2. The lowest BCUT2D eigenvalue weighted by atomic mass is 9.79. The fourth-order valence-electron chi connectivity index (χ4n) is 10.2. The molecular weight excluding hydrogens is 693 g/mol. The van der Waals surface area contributed by atoms with Crippen molar-refractivity contribution in [3.05, 3.63) is 96.6 Å². The average Bonchev–Trinajstić information content (AvgIpc) is 3.83. The van der Waals surface area contributed by atoms with E-state index in [-0.39, 0.29) is 0 Å². The number of rotatable bonds is 9. The number of ether oxygens (including phenoxy) is 2. The largest absolute Gasteiger partial charge is 0.497 e. The lowest BCUT2D eigenvalue weighted by molar-refractivity contribution is -0.695. The van der Waals surface area contributed by atoms with E-state index in [4.69, 9.17) is 9.47 Å². The first-order chi connectivity index (χ1) is 27.4. The third kappa shape index (κ3) is 6.33. The van der Waals surface area contributed by atoms with Gasteiger partial charge in [-0.25, -0.2) is 9.13 Å². The van der Waals surface area contributed by atoms with Gasteiger partial charge >= 0.3 is 0 Å². The lowest BCUT2D eigenvalue weighted by Crippen LogP contribution is -2.46. The van der Waals surface area contributed by atoms with Crippen molar-refractivity contribution in [3.8, 4) is 11.5 Å². The highest BCUT2D eigenvalue weighted by molar-refractivity contribution is 6.22. The van der Waals surface area contributed by atoms with Crippen molar-refractivity contribution >= 4 is 65.2 Å². The number of aromatic amines is 2. The summed E-state index contributed by atoms with van der Waals surface area (Å²) in [4.78, 5) is 12.8. The maximum atomic E-state index is 5.59. The van der Waals surface area contributed by atoms with Gasteiger partial charge in [0.05, 0.1) is 49.1 Å². The third-order valence-electron chi connectivity index (χ3n) is 13.5. The predicted molar refractivity (Wildman–Crippen MR) is 228 cm³/mol. The summed E-state index contributed by atoms with van der Waals surface area (Å²) in [6.45, 7) is 13.5. The van der Waals surface area contributed by atoms with Crippen molar-refractivity contribution < 1.29 is 18.6 Å². The molecule has 2 N–H and O–H groups in total. The van der Waals surface area contributed by atoms with E-state index in [2.05, 4.69) is 116 Å². The van der Waals surface area contributed by atoms with E-state index < -0.39 is 0 Å². The summed E-state index contributed by atoms with van der Waals surface area (Å²) in [5.41, 5.74) is 7.31. The quantitative estimate of drug-likeness (QED) is 0.145. The number of benzene rings is 4. The highest BCUT2D eigenvalue weighted by atomic mass is 16.5. The van der Waals surface area contributed by atoms with Gasteiger partial charge in [0.1, 0.15) is 11.5 Å². The van der Waals surface area contributed by atoms with Gasteiger partial charge in [-0.3, -0.25) is 9.80 Å². The van der Waals surface area contributed by atoms with E-state index in [1.807, 2.05) is 12.1 Å². The zero-order valence-corrected chi connectivity index (χ0v) is 33.3. The van der Waals surface area contributed by atoms with Crippen molar-refractivity contribution in [2.45, 2.75) is 52.6 Å². The van der Waals surface area contributed by atoms with Gasteiger partial charge in [0, 0.05) is 44.7 Å². The molecule has 8 heteroatoms. The number of aromatic nitrogens is 4. The minimum atomic E-state index is 0.868. The van der Waals surface area contributed by atoms with Gasteiger partial charge in [-0.05, 0) is 148 Å². The molecule has 2 fully saturated rings. The summed E-state index contributed by atoms with van der Waals surface area (Å²) >= 11 is 0. The van der Waals surface area contributed by atoms with Crippen molar-refractivity contribution in [2.75, 3.05) is 53.5 Å². The van der Waals surface area contributed by atoms with Crippen LogP contribution in [0.2, 0.25) is 0 Å². The SMILES string of the molecule is COc1ccc2[nH]c3c(C)cc4cc[n+](CCN5CCC(C6CCN(CC[n+]7ccc8cc(C)c9[nH]c%10ccc(OC)cc%10c9c8c7)CC6)CC5)cc4c3c2c1. The van der Waals surface area contributed by atoms with E-state index in [0.717, 1.165) is 60.5 Å². The first-order valence-electron chi connectivity index (χ1n) is 20.7. The predicted octanol–water partition coefficient (Wildman–Crippen LogP) is 8.60. The van der Waals surface area contributed by atoms with Gasteiger partial charge in [0.15, 0.2) is 37.9 Å². The van der Waals surface area contributed by atoms with Crippen LogP contribution in [0.1, 0.15) is 36.8 Å². The van der Waals surface area contributed by atoms with Crippen molar-refractivity contribution in [1.82, 2.24) is 19.8 Å². The molecule has 0 aliphatic carbocycles. The molecule has 4 aromatic carbocycles. The Morgan fingerprint density at radius 1 is 0.571 bits per heavy atom. The lowest BCUT2D eigenvalue weighted by Gasteiger charge is -2.39. The molecule has 56 heavy (non-hydrogen) atoms. The highest BCUT2D eigenvalue weighted by Gasteiger charge is 2.30. The van der Waals surface area contributed by atoms with Crippen molar-refractivity contribution in [2.24, 2.45) is 11.8 Å². The molecule has 286 valence electrons. The summed E-state index contributed by atoms with van der Waals surface area (Å²) in [6, 6.07) is 21.9. The number of H-pyrrole nitrogens is 2. The Morgan fingerprint density at radius 3 is 1.41 bits per heavy atom. The topological polar surface area (TPSA) is 64.3 Å². The second-order valence-corrected chi connectivity index (χ2v) is 16.7. The molecule has 10 rings (SSSR count). The van der Waals surface area contributed by atoms with Crippen LogP contribution in [0.15, 0.2) is 85.5 Å². The molecule has 0 saturated carbocycles. The second kappa shape index (κ2) is 14.4. The number of nitrogens with one attached hydrogen (secondary N) is 2. The number of pyridine rings is 2. The Kier molecular flexibility index (Phi) is 9.06. The van der Waals surface area contributed by atoms with Gasteiger partial charge in [-0.2, -0.15) is 0 Å².